The first-order valence-corrected chi connectivity index (χ1v) is 5.29. The van der Waals surface area contributed by atoms with E-state index < -0.39 is 0 Å². The smallest absolute Gasteiger partial charge is 0.324 e. The first-order valence-electron chi connectivity index (χ1n) is 5.29. The van der Waals surface area contributed by atoms with Crippen LogP contribution in [0.1, 0.15) is 19.1 Å². The highest BCUT2D eigenvalue weighted by molar-refractivity contribution is 6.02. The number of furan rings is 1. The number of amides is 3. The summed E-state index contributed by atoms with van der Waals surface area (Å²) in [5.74, 6) is 0.674. The molecule has 1 atom stereocenters. The van der Waals surface area contributed by atoms with Crippen molar-refractivity contribution in [2.45, 2.75) is 25.8 Å². The molecule has 16 heavy (non-hydrogen) atoms. The van der Waals surface area contributed by atoms with E-state index in [1.54, 1.807) is 11.2 Å². The first kappa shape index (κ1) is 10.7. The van der Waals surface area contributed by atoms with E-state index >= 15 is 0 Å². The maximum Gasteiger partial charge on any atom is 0.324 e. The van der Waals surface area contributed by atoms with Crippen LogP contribution in [0.4, 0.5) is 4.79 Å². The van der Waals surface area contributed by atoms with Gasteiger partial charge in [0, 0.05) is 12.5 Å². The number of aryl methyl sites for hydroxylation is 1. The molecule has 1 aromatic rings. The molecule has 3 amide bonds. The number of imide groups is 1. The quantitative estimate of drug-likeness (QED) is 0.777. The third kappa shape index (κ3) is 2.24. The molecule has 1 N–H and O–H groups in total. The molecule has 1 aliphatic rings. The lowest BCUT2D eigenvalue weighted by Gasteiger charge is -2.21. The molecule has 5 heteroatoms. The molecule has 5 nitrogen and oxygen atoms in total. The van der Waals surface area contributed by atoms with Gasteiger partial charge in [-0.05, 0) is 25.5 Å². The van der Waals surface area contributed by atoms with Crippen LogP contribution in [-0.4, -0.2) is 29.4 Å². The molecule has 0 aromatic carbocycles. The number of carbonyl (C=O) groups excluding carboxylic acids is 2. The van der Waals surface area contributed by atoms with Gasteiger partial charge in [0.1, 0.15) is 12.3 Å². The van der Waals surface area contributed by atoms with Crippen LogP contribution in [0.15, 0.2) is 22.8 Å². The van der Waals surface area contributed by atoms with Gasteiger partial charge in [-0.15, -0.1) is 0 Å². The fourth-order valence-corrected chi connectivity index (χ4v) is 1.77. The Kier molecular flexibility index (Phi) is 2.94. The van der Waals surface area contributed by atoms with Gasteiger partial charge in [-0.1, -0.05) is 0 Å². The van der Waals surface area contributed by atoms with Gasteiger partial charge in [0.2, 0.25) is 5.91 Å². The molecule has 0 radical (unpaired) electrons. The molecule has 2 rings (SSSR count). The summed E-state index contributed by atoms with van der Waals surface area (Å²) in [6.45, 7) is 2.10. The minimum atomic E-state index is -0.294. The second kappa shape index (κ2) is 4.38. The molecule has 1 fully saturated rings. The standard InChI is InChI=1S/C11H14N2O3/c1-8(4-5-9-3-2-6-16-9)13-7-10(14)12-11(13)15/h2-3,6,8H,4-5,7H2,1H3,(H,12,14,15). The van der Waals surface area contributed by atoms with Gasteiger partial charge in [0.25, 0.3) is 0 Å². The van der Waals surface area contributed by atoms with Crippen molar-refractivity contribution in [3.8, 4) is 0 Å². The maximum absolute atomic E-state index is 11.4. The lowest BCUT2D eigenvalue weighted by Crippen LogP contribution is -2.36. The van der Waals surface area contributed by atoms with Crippen molar-refractivity contribution < 1.29 is 14.0 Å². The molecular formula is C11H14N2O3. The van der Waals surface area contributed by atoms with Gasteiger partial charge < -0.3 is 9.32 Å². The number of carbonyl (C=O) groups is 2. The summed E-state index contributed by atoms with van der Waals surface area (Å²) in [4.78, 5) is 23.9. The molecule has 2 heterocycles. The normalized spacial score (nSPS) is 17.7. The Labute approximate surface area is 93.4 Å². The Bertz CT molecular complexity index is 386. The molecular weight excluding hydrogens is 208 g/mol. The molecule has 1 aromatic heterocycles. The van der Waals surface area contributed by atoms with E-state index in [4.69, 9.17) is 4.42 Å². The highest BCUT2D eigenvalue weighted by atomic mass is 16.3. The van der Waals surface area contributed by atoms with E-state index in [2.05, 4.69) is 5.32 Å². The molecule has 1 unspecified atom stereocenters. The van der Waals surface area contributed by atoms with Gasteiger partial charge in [0.15, 0.2) is 0 Å². The summed E-state index contributed by atoms with van der Waals surface area (Å²) in [7, 11) is 0. The Morgan fingerprint density at radius 3 is 2.94 bits per heavy atom. The number of nitrogens with zero attached hydrogens (tertiary/aromatic N) is 1. The predicted octanol–water partition coefficient (Wildman–Crippen LogP) is 1.15. The largest absolute Gasteiger partial charge is 0.469 e. The number of urea groups is 1. The first-order chi connectivity index (χ1) is 7.66. The van der Waals surface area contributed by atoms with Gasteiger partial charge in [-0.3, -0.25) is 10.1 Å². The lowest BCUT2D eigenvalue weighted by atomic mass is 10.1. The average Bonchev–Trinajstić information content (AvgIpc) is 2.84. The zero-order valence-corrected chi connectivity index (χ0v) is 9.10. The molecule has 1 aliphatic heterocycles. The summed E-state index contributed by atoms with van der Waals surface area (Å²) >= 11 is 0. The zero-order chi connectivity index (χ0) is 11.5. The summed E-state index contributed by atoms with van der Waals surface area (Å²) in [6.07, 6.45) is 3.19. The summed E-state index contributed by atoms with van der Waals surface area (Å²) in [6, 6.07) is 3.49. The van der Waals surface area contributed by atoms with Crippen molar-refractivity contribution in [3.05, 3.63) is 24.2 Å². The van der Waals surface area contributed by atoms with Crippen molar-refractivity contribution in [2.24, 2.45) is 0 Å². The van der Waals surface area contributed by atoms with Crippen LogP contribution in [0.2, 0.25) is 0 Å². The van der Waals surface area contributed by atoms with Crippen LogP contribution in [0.3, 0.4) is 0 Å². The Balaban J connectivity index is 1.86. The SMILES string of the molecule is CC(CCc1ccco1)N1CC(=O)NC1=O. The van der Waals surface area contributed by atoms with Gasteiger partial charge in [0.05, 0.1) is 6.26 Å². The second-order valence-electron chi connectivity index (χ2n) is 3.95. The monoisotopic (exact) mass is 222 g/mol. The van der Waals surface area contributed by atoms with E-state index in [0.29, 0.717) is 0 Å². The highest BCUT2D eigenvalue weighted by Crippen LogP contribution is 2.12. The van der Waals surface area contributed by atoms with Crippen LogP contribution >= 0.6 is 0 Å². The van der Waals surface area contributed by atoms with Crippen LogP contribution in [0.25, 0.3) is 0 Å². The van der Waals surface area contributed by atoms with Crippen LogP contribution < -0.4 is 5.32 Å². The topological polar surface area (TPSA) is 62.6 Å². The fourth-order valence-electron chi connectivity index (χ4n) is 1.77. The maximum atomic E-state index is 11.4. The van der Waals surface area contributed by atoms with Gasteiger partial charge in [-0.25, -0.2) is 4.79 Å². The summed E-state index contributed by atoms with van der Waals surface area (Å²) in [5.41, 5.74) is 0. The number of hydrogen-bond donors (Lipinski definition) is 1. The molecule has 0 bridgehead atoms. The number of hydrogen-bond acceptors (Lipinski definition) is 3. The third-order valence-electron chi connectivity index (χ3n) is 2.74. The van der Waals surface area contributed by atoms with Crippen molar-refractivity contribution in [1.82, 2.24) is 10.2 Å². The van der Waals surface area contributed by atoms with Crippen LogP contribution in [-0.2, 0) is 11.2 Å². The predicted molar refractivity (Wildman–Crippen MR) is 56.7 cm³/mol. The van der Waals surface area contributed by atoms with E-state index in [9.17, 15) is 9.59 Å². The minimum Gasteiger partial charge on any atom is -0.469 e. The zero-order valence-electron chi connectivity index (χ0n) is 9.10. The highest BCUT2D eigenvalue weighted by Gasteiger charge is 2.30. The van der Waals surface area contributed by atoms with Crippen LogP contribution in [0, 0.1) is 0 Å². The molecule has 0 spiro atoms. The Morgan fingerprint density at radius 2 is 2.38 bits per heavy atom. The summed E-state index contributed by atoms with van der Waals surface area (Å²) in [5, 5.41) is 2.27. The lowest BCUT2D eigenvalue weighted by molar-refractivity contribution is -0.118. The molecule has 86 valence electrons. The van der Waals surface area contributed by atoms with E-state index in [1.165, 1.54) is 0 Å². The van der Waals surface area contributed by atoms with E-state index in [1.807, 2.05) is 19.1 Å². The van der Waals surface area contributed by atoms with Gasteiger partial charge in [-0.2, -0.15) is 0 Å². The Hall–Kier alpha value is -1.78. The van der Waals surface area contributed by atoms with Crippen molar-refractivity contribution in [3.63, 3.8) is 0 Å². The van der Waals surface area contributed by atoms with Crippen molar-refractivity contribution in [1.29, 1.82) is 0 Å². The fraction of sp³-hybridized carbons (Fsp3) is 0.455. The van der Waals surface area contributed by atoms with Crippen LogP contribution in [0.5, 0.6) is 0 Å². The molecule has 0 saturated carbocycles. The Morgan fingerprint density at radius 1 is 1.56 bits per heavy atom. The van der Waals surface area contributed by atoms with E-state index in [0.717, 1.165) is 18.6 Å². The van der Waals surface area contributed by atoms with Crippen molar-refractivity contribution >= 4 is 11.9 Å². The summed E-state index contributed by atoms with van der Waals surface area (Å²) < 4.78 is 5.21. The molecule has 1 saturated heterocycles. The minimum absolute atomic E-state index is 0.0385. The van der Waals surface area contributed by atoms with Crippen molar-refractivity contribution in [2.75, 3.05) is 6.54 Å². The number of rotatable bonds is 4. The second-order valence-corrected chi connectivity index (χ2v) is 3.95. The number of nitrogens with one attached hydrogen (secondary N) is 1. The van der Waals surface area contributed by atoms with E-state index in [-0.39, 0.29) is 24.5 Å². The van der Waals surface area contributed by atoms with Gasteiger partial charge >= 0.3 is 6.03 Å². The average molecular weight is 222 g/mol. The molecule has 0 aliphatic carbocycles. The third-order valence-corrected chi connectivity index (χ3v) is 2.74.